The van der Waals surface area contributed by atoms with Crippen LogP contribution in [0, 0.1) is 0 Å². The number of methoxy groups -OCH3 is 1. The van der Waals surface area contributed by atoms with Crippen LogP contribution in [-0.4, -0.2) is 49.3 Å². The molecule has 0 fully saturated rings. The monoisotopic (exact) mass is 294 g/mol. The van der Waals surface area contributed by atoms with Crippen LogP contribution in [0.3, 0.4) is 0 Å². The lowest BCUT2D eigenvalue weighted by Crippen LogP contribution is -2.33. The van der Waals surface area contributed by atoms with E-state index in [1.165, 1.54) is 4.90 Å². The van der Waals surface area contributed by atoms with Crippen LogP contribution in [-0.2, 0) is 9.53 Å². The molecule has 2 N–H and O–H groups in total. The summed E-state index contributed by atoms with van der Waals surface area (Å²) in [5.74, 6) is -0.878. The largest absolute Gasteiger partial charge is 0.481 e. The van der Waals surface area contributed by atoms with Gasteiger partial charge in [0.2, 0.25) is 0 Å². The highest BCUT2D eigenvalue weighted by Gasteiger charge is 2.11. The molecular formula is C15H22N2O4. The number of carbonyl (C=O) groups excluding carboxylic acids is 1. The number of aliphatic carboxylic acids is 1. The maximum Gasteiger partial charge on any atom is 0.321 e. The Labute approximate surface area is 124 Å². The quantitative estimate of drug-likeness (QED) is 0.809. The summed E-state index contributed by atoms with van der Waals surface area (Å²) >= 11 is 0. The number of nitrogens with one attached hydrogen (secondary N) is 1. The molecule has 6 heteroatoms. The van der Waals surface area contributed by atoms with Crippen molar-refractivity contribution in [2.24, 2.45) is 0 Å². The van der Waals surface area contributed by atoms with Crippen molar-refractivity contribution in [2.75, 3.05) is 32.6 Å². The van der Waals surface area contributed by atoms with E-state index in [0.29, 0.717) is 18.8 Å². The first-order valence-electron chi connectivity index (χ1n) is 6.77. The first-order valence-corrected chi connectivity index (χ1v) is 6.77. The van der Waals surface area contributed by atoms with Crippen LogP contribution in [0.5, 0.6) is 0 Å². The lowest BCUT2D eigenvalue weighted by Gasteiger charge is -2.17. The number of carboxylic acids is 1. The fourth-order valence-corrected chi connectivity index (χ4v) is 1.82. The van der Waals surface area contributed by atoms with Crippen LogP contribution in [0.2, 0.25) is 0 Å². The molecule has 1 unspecified atom stereocenters. The van der Waals surface area contributed by atoms with Gasteiger partial charge in [-0.2, -0.15) is 0 Å². The van der Waals surface area contributed by atoms with Gasteiger partial charge in [-0.15, -0.1) is 0 Å². The number of nitrogens with zero attached hydrogens (tertiary/aromatic N) is 1. The fourth-order valence-electron chi connectivity index (χ4n) is 1.82. The first-order chi connectivity index (χ1) is 9.93. The van der Waals surface area contributed by atoms with E-state index in [1.807, 2.05) is 19.1 Å². The van der Waals surface area contributed by atoms with Crippen LogP contribution in [0.15, 0.2) is 24.3 Å². The molecule has 0 radical (unpaired) electrons. The second-order valence-corrected chi connectivity index (χ2v) is 4.97. The van der Waals surface area contributed by atoms with Gasteiger partial charge in [0.1, 0.15) is 0 Å². The highest BCUT2D eigenvalue weighted by Crippen LogP contribution is 2.21. The molecule has 0 aliphatic rings. The van der Waals surface area contributed by atoms with E-state index in [2.05, 4.69) is 5.32 Å². The van der Waals surface area contributed by atoms with Crippen molar-refractivity contribution in [3.63, 3.8) is 0 Å². The normalized spacial score (nSPS) is 11.8. The molecule has 0 saturated carbocycles. The zero-order chi connectivity index (χ0) is 15.8. The molecule has 0 aliphatic carbocycles. The van der Waals surface area contributed by atoms with Crippen molar-refractivity contribution in [1.29, 1.82) is 0 Å². The third-order valence-electron chi connectivity index (χ3n) is 3.19. The molecule has 0 spiro atoms. The molecule has 1 aromatic carbocycles. The Balaban J connectivity index is 2.58. The van der Waals surface area contributed by atoms with E-state index in [4.69, 9.17) is 9.84 Å². The smallest absolute Gasteiger partial charge is 0.321 e. The average Bonchev–Trinajstić information content (AvgIpc) is 2.44. The summed E-state index contributed by atoms with van der Waals surface area (Å²) < 4.78 is 4.92. The Bertz CT molecular complexity index is 473. The van der Waals surface area contributed by atoms with Gasteiger partial charge < -0.3 is 20.1 Å². The number of carboxylic acid groups (broad SMARTS) is 1. The van der Waals surface area contributed by atoms with Gasteiger partial charge in [-0.3, -0.25) is 4.79 Å². The minimum atomic E-state index is -0.820. The first kappa shape index (κ1) is 17.0. The van der Waals surface area contributed by atoms with Crippen molar-refractivity contribution < 1.29 is 19.4 Å². The molecule has 0 bridgehead atoms. The Hall–Kier alpha value is -2.08. The predicted molar refractivity (Wildman–Crippen MR) is 80.6 cm³/mol. The summed E-state index contributed by atoms with van der Waals surface area (Å²) in [5, 5.41) is 11.6. The van der Waals surface area contributed by atoms with Crippen LogP contribution in [0.25, 0.3) is 0 Å². The summed E-state index contributed by atoms with van der Waals surface area (Å²) in [6, 6.07) is 7.00. The predicted octanol–water partition coefficient (Wildman–Crippen LogP) is 2.37. The number of rotatable bonds is 7. The molecule has 21 heavy (non-hydrogen) atoms. The zero-order valence-electron chi connectivity index (χ0n) is 12.6. The van der Waals surface area contributed by atoms with Gasteiger partial charge in [0.05, 0.1) is 13.0 Å². The number of benzene rings is 1. The highest BCUT2D eigenvalue weighted by atomic mass is 16.5. The SMILES string of the molecule is COCCN(C)C(=O)Nc1ccc(C(C)CC(=O)O)cc1. The summed E-state index contributed by atoms with van der Waals surface area (Å²) in [7, 11) is 3.28. The lowest BCUT2D eigenvalue weighted by atomic mass is 9.98. The van der Waals surface area contributed by atoms with Gasteiger partial charge in [0, 0.05) is 26.4 Å². The van der Waals surface area contributed by atoms with Crippen molar-refractivity contribution in [1.82, 2.24) is 4.90 Å². The van der Waals surface area contributed by atoms with E-state index < -0.39 is 5.97 Å². The number of amides is 2. The molecule has 0 saturated heterocycles. The minimum absolute atomic E-state index is 0.0587. The summed E-state index contributed by atoms with van der Waals surface area (Å²) in [5.41, 5.74) is 1.61. The van der Waals surface area contributed by atoms with Crippen LogP contribution in [0.4, 0.5) is 10.5 Å². The number of carbonyl (C=O) groups is 2. The molecule has 116 valence electrons. The average molecular weight is 294 g/mol. The van der Waals surface area contributed by atoms with Gasteiger partial charge in [0.25, 0.3) is 0 Å². The molecule has 0 heterocycles. The Morgan fingerprint density at radius 2 is 1.95 bits per heavy atom. The maximum absolute atomic E-state index is 11.9. The second-order valence-electron chi connectivity index (χ2n) is 4.97. The van der Waals surface area contributed by atoms with Crippen molar-refractivity contribution in [3.8, 4) is 0 Å². The number of urea groups is 1. The number of anilines is 1. The number of ether oxygens (including phenoxy) is 1. The minimum Gasteiger partial charge on any atom is -0.481 e. The fraction of sp³-hybridized carbons (Fsp3) is 0.467. The Morgan fingerprint density at radius 3 is 2.48 bits per heavy atom. The summed E-state index contributed by atoms with van der Waals surface area (Å²) in [6.07, 6.45) is 0.0888. The summed E-state index contributed by atoms with van der Waals surface area (Å²) in [4.78, 5) is 24.1. The molecule has 1 aromatic rings. The molecule has 0 aliphatic heterocycles. The summed E-state index contributed by atoms with van der Waals surface area (Å²) in [6.45, 7) is 2.85. The van der Waals surface area contributed by atoms with E-state index in [9.17, 15) is 9.59 Å². The zero-order valence-corrected chi connectivity index (χ0v) is 12.6. The van der Waals surface area contributed by atoms with Crippen molar-refractivity contribution in [2.45, 2.75) is 19.3 Å². The second kappa shape index (κ2) is 8.26. The van der Waals surface area contributed by atoms with E-state index >= 15 is 0 Å². The van der Waals surface area contributed by atoms with Crippen LogP contribution >= 0.6 is 0 Å². The highest BCUT2D eigenvalue weighted by molar-refractivity contribution is 5.89. The van der Waals surface area contributed by atoms with Crippen molar-refractivity contribution in [3.05, 3.63) is 29.8 Å². The van der Waals surface area contributed by atoms with Crippen LogP contribution in [0.1, 0.15) is 24.8 Å². The molecule has 2 amide bonds. The van der Waals surface area contributed by atoms with E-state index in [-0.39, 0.29) is 18.4 Å². The molecule has 1 rings (SSSR count). The standard InChI is InChI=1S/C15H22N2O4/c1-11(10-14(18)19)12-4-6-13(7-5-12)16-15(20)17(2)8-9-21-3/h4-7,11H,8-10H2,1-3H3,(H,16,20)(H,18,19). The van der Waals surface area contributed by atoms with Gasteiger partial charge in [0.15, 0.2) is 0 Å². The van der Waals surface area contributed by atoms with Gasteiger partial charge in [-0.05, 0) is 23.6 Å². The number of likely N-dealkylation sites (N-methyl/N-ethyl adjacent to an activating group) is 1. The maximum atomic E-state index is 11.9. The van der Waals surface area contributed by atoms with E-state index in [0.717, 1.165) is 5.56 Å². The Morgan fingerprint density at radius 1 is 1.33 bits per heavy atom. The molecular weight excluding hydrogens is 272 g/mol. The third kappa shape index (κ3) is 5.83. The number of hydrogen-bond donors (Lipinski definition) is 2. The molecule has 1 atom stereocenters. The number of hydrogen-bond acceptors (Lipinski definition) is 3. The van der Waals surface area contributed by atoms with Gasteiger partial charge in [-0.1, -0.05) is 19.1 Å². The van der Waals surface area contributed by atoms with Gasteiger partial charge >= 0.3 is 12.0 Å². The topological polar surface area (TPSA) is 78.9 Å². The van der Waals surface area contributed by atoms with Crippen molar-refractivity contribution >= 4 is 17.7 Å². The van der Waals surface area contributed by atoms with E-state index in [1.54, 1.807) is 26.3 Å². The third-order valence-corrected chi connectivity index (χ3v) is 3.19. The lowest BCUT2D eigenvalue weighted by molar-refractivity contribution is -0.137. The Kier molecular flexibility index (Phi) is 6.68. The molecule has 6 nitrogen and oxygen atoms in total. The van der Waals surface area contributed by atoms with Gasteiger partial charge in [-0.25, -0.2) is 4.79 Å². The van der Waals surface area contributed by atoms with Crippen LogP contribution < -0.4 is 5.32 Å². The molecule has 0 aromatic heterocycles.